The molecule has 0 aliphatic heterocycles. The first-order valence-electron chi connectivity index (χ1n) is 10.4. The van der Waals surface area contributed by atoms with Gasteiger partial charge in [0.05, 0.1) is 11.9 Å². The van der Waals surface area contributed by atoms with Crippen LogP contribution in [0.5, 0.6) is 0 Å². The Kier molecular flexibility index (Phi) is 9.94. The molecule has 2 aromatic rings. The number of nitrogens with one attached hydrogen (secondary N) is 1. The second-order valence-electron chi connectivity index (χ2n) is 7.42. The highest BCUT2D eigenvalue weighted by atomic mass is 16.5. The van der Waals surface area contributed by atoms with Crippen molar-refractivity contribution in [3.8, 4) is 0 Å². The van der Waals surface area contributed by atoms with Gasteiger partial charge in [-0.25, -0.2) is 4.98 Å². The average Bonchev–Trinajstić information content (AvgIpc) is 2.75. The third-order valence-electron chi connectivity index (χ3n) is 4.79. The van der Waals surface area contributed by atoms with Crippen LogP contribution < -0.4 is 5.32 Å². The molecule has 0 radical (unpaired) electrons. The molecular weight excluding hydrogens is 380 g/mol. The highest BCUT2D eigenvalue weighted by Crippen LogP contribution is 2.07. The van der Waals surface area contributed by atoms with E-state index in [4.69, 9.17) is 4.74 Å². The molecule has 0 bridgehead atoms. The summed E-state index contributed by atoms with van der Waals surface area (Å²) in [6.07, 6.45) is 5.76. The predicted molar refractivity (Wildman–Crippen MR) is 116 cm³/mol. The van der Waals surface area contributed by atoms with Crippen LogP contribution in [-0.4, -0.2) is 59.5 Å². The lowest BCUT2D eigenvalue weighted by Crippen LogP contribution is -2.39. The normalized spacial score (nSPS) is 11.7. The second-order valence-corrected chi connectivity index (χ2v) is 7.42. The zero-order valence-electron chi connectivity index (χ0n) is 18.1. The number of nitrogens with zero attached hydrogens (tertiary/aromatic N) is 3. The van der Waals surface area contributed by atoms with Gasteiger partial charge in [0, 0.05) is 45.5 Å². The van der Waals surface area contributed by atoms with E-state index < -0.39 is 0 Å². The Morgan fingerprint density at radius 2 is 1.90 bits per heavy atom. The molecule has 7 heteroatoms. The van der Waals surface area contributed by atoms with E-state index in [1.807, 2.05) is 32.0 Å². The molecule has 2 amide bonds. The third kappa shape index (κ3) is 8.29. The van der Waals surface area contributed by atoms with Gasteiger partial charge in [-0.1, -0.05) is 30.3 Å². The second kappa shape index (κ2) is 12.7. The Balaban J connectivity index is 1.84. The monoisotopic (exact) mass is 412 g/mol. The summed E-state index contributed by atoms with van der Waals surface area (Å²) < 4.78 is 5.09. The molecule has 0 saturated heterocycles. The van der Waals surface area contributed by atoms with Crippen molar-refractivity contribution in [2.45, 2.75) is 45.6 Å². The van der Waals surface area contributed by atoms with E-state index in [2.05, 4.69) is 27.4 Å². The maximum atomic E-state index is 12.8. The van der Waals surface area contributed by atoms with Crippen LogP contribution in [0.1, 0.15) is 47.9 Å². The first-order valence-corrected chi connectivity index (χ1v) is 10.4. The Labute approximate surface area is 178 Å². The molecule has 1 heterocycles. The topological polar surface area (TPSA) is 84.4 Å². The van der Waals surface area contributed by atoms with Crippen LogP contribution >= 0.6 is 0 Å². The number of amides is 2. The van der Waals surface area contributed by atoms with Crippen LogP contribution in [0.2, 0.25) is 0 Å². The molecule has 1 N–H and O–H groups in total. The molecule has 1 unspecified atom stereocenters. The van der Waals surface area contributed by atoms with Gasteiger partial charge in [0.25, 0.3) is 5.91 Å². The van der Waals surface area contributed by atoms with Crippen LogP contribution in [0, 0.1) is 6.92 Å². The van der Waals surface area contributed by atoms with Crippen molar-refractivity contribution in [2.24, 2.45) is 0 Å². The minimum Gasteiger partial charge on any atom is -0.385 e. The summed E-state index contributed by atoms with van der Waals surface area (Å²) in [7, 11) is 1.63. The molecule has 0 aliphatic rings. The maximum Gasteiger partial charge on any atom is 0.274 e. The van der Waals surface area contributed by atoms with Gasteiger partial charge in [0.2, 0.25) is 5.91 Å². The number of carbonyl (C=O) groups excluding carboxylic acids is 2. The fourth-order valence-corrected chi connectivity index (χ4v) is 3.06. The Morgan fingerprint density at radius 3 is 2.57 bits per heavy atom. The number of benzene rings is 1. The minimum absolute atomic E-state index is 0.0601. The number of rotatable bonds is 12. The van der Waals surface area contributed by atoms with Crippen molar-refractivity contribution in [1.29, 1.82) is 0 Å². The zero-order valence-corrected chi connectivity index (χ0v) is 18.1. The summed E-state index contributed by atoms with van der Waals surface area (Å²) in [5.74, 6) is -0.279. The highest BCUT2D eigenvalue weighted by molar-refractivity contribution is 5.92. The van der Waals surface area contributed by atoms with Crippen molar-refractivity contribution in [3.63, 3.8) is 0 Å². The van der Waals surface area contributed by atoms with Crippen molar-refractivity contribution < 1.29 is 14.3 Å². The van der Waals surface area contributed by atoms with Gasteiger partial charge in [-0.15, -0.1) is 0 Å². The molecule has 1 aromatic carbocycles. The first-order chi connectivity index (χ1) is 14.5. The molecule has 30 heavy (non-hydrogen) atoms. The van der Waals surface area contributed by atoms with E-state index in [9.17, 15) is 9.59 Å². The molecule has 7 nitrogen and oxygen atoms in total. The molecule has 1 aromatic heterocycles. The number of hydrogen-bond acceptors (Lipinski definition) is 5. The summed E-state index contributed by atoms with van der Waals surface area (Å²) in [5.41, 5.74) is 2.30. The molecule has 2 rings (SSSR count). The lowest BCUT2D eigenvalue weighted by Gasteiger charge is -2.22. The molecule has 0 spiro atoms. The summed E-state index contributed by atoms with van der Waals surface area (Å²) in [4.78, 5) is 35.2. The van der Waals surface area contributed by atoms with Crippen molar-refractivity contribution in [1.82, 2.24) is 20.2 Å². The van der Waals surface area contributed by atoms with E-state index in [0.29, 0.717) is 26.1 Å². The van der Waals surface area contributed by atoms with Gasteiger partial charge >= 0.3 is 0 Å². The molecule has 0 saturated carbocycles. The predicted octanol–water partition coefficient (Wildman–Crippen LogP) is 2.79. The van der Waals surface area contributed by atoms with Crippen LogP contribution in [0.25, 0.3) is 0 Å². The van der Waals surface area contributed by atoms with Crippen molar-refractivity contribution in [2.75, 3.05) is 26.8 Å². The maximum absolute atomic E-state index is 12.8. The van der Waals surface area contributed by atoms with Crippen LogP contribution in [0.15, 0.2) is 42.7 Å². The SMILES string of the molecule is COCCCN(CCC(=O)NC(C)CCc1ccccc1)C(=O)c1cnc(C)cn1. The van der Waals surface area contributed by atoms with Crippen LogP contribution in [0.4, 0.5) is 0 Å². The molecule has 162 valence electrons. The number of carbonyl (C=O) groups is 2. The lowest BCUT2D eigenvalue weighted by molar-refractivity contribution is -0.121. The van der Waals surface area contributed by atoms with Crippen molar-refractivity contribution >= 4 is 11.8 Å². The summed E-state index contributed by atoms with van der Waals surface area (Å²) >= 11 is 0. The summed E-state index contributed by atoms with van der Waals surface area (Å²) in [5, 5.41) is 3.03. The Morgan fingerprint density at radius 1 is 1.13 bits per heavy atom. The first kappa shape index (κ1) is 23.5. The third-order valence-corrected chi connectivity index (χ3v) is 4.79. The number of methoxy groups -OCH3 is 1. The molecule has 0 aliphatic carbocycles. The van der Waals surface area contributed by atoms with Gasteiger partial charge in [-0.2, -0.15) is 0 Å². The van der Waals surface area contributed by atoms with Gasteiger partial charge in [-0.05, 0) is 38.7 Å². The van der Waals surface area contributed by atoms with E-state index >= 15 is 0 Å². The molecule has 0 fully saturated rings. The van der Waals surface area contributed by atoms with E-state index in [1.54, 1.807) is 18.2 Å². The minimum atomic E-state index is -0.219. The number of aryl methyl sites for hydroxylation is 2. The van der Waals surface area contributed by atoms with E-state index in [-0.39, 0.29) is 30.0 Å². The number of hydrogen-bond donors (Lipinski definition) is 1. The van der Waals surface area contributed by atoms with Crippen LogP contribution in [0.3, 0.4) is 0 Å². The van der Waals surface area contributed by atoms with Gasteiger partial charge in [0.1, 0.15) is 5.69 Å². The average molecular weight is 413 g/mol. The van der Waals surface area contributed by atoms with Gasteiger partial charge < -0.3 is 15.0 Å². The Bertz CT molecular complexity index is 781. The molecule has 1 atom stereocenters. The fraction of sp³-hybridized carbons (Fsp3) is 0.478. The lowest BCUT2D eigenvalue weighted by atomic mass is 10.1. The standard InChI is InChI=1S/C23H32N4O3/c1-18(10-11-20-8-5-4-6-9-20)26-22(28)12-14-27(13-7-15-30-3)23(29)21-17-24-19(2)16-25-21/h4-6,8-9,16-18H,7,10-15H2,1-3H3,(H,26,28). The fourth-order valence-electron chi connectivity index (χ4n) is 3.06. The van der Waals surface area contributed by atoms with Crippen LogP contribution in [-0.2, 0) is 16.0 Å². The van der Waals surface area contributed by atoms with Gasteiger partial charge in [-0.3, -0.25) is 14.6 Å². The van der Waals surface area contributed by atoms with E-state index in [1.165, 1.54) is 11.8 Å². The number of aromatic nitrogens is 2. The summed E-state index contributed by atoms with van der Waals surface area (Å²) in [6.45, 7) is 5.20. The van der Waals surface area contributed by atoms with E-state index in [0.717, 1.165) is 18.5 Å². The smallest absolute Gasteiger partial charge is 0.274 e. The van der Waals surface area contributed by atoms with Gasteiger partial charge in [0.15, 0.2) is 0 Å². The largest absolute Gasteiger partial charge is 0.385 e. The summed E-state index contributed by atoms with van der Waals surface area (Å²) in [6, 6.07) is 10.3. The van der Waals surface area contributed by atoms with Crippen molar-refractivity contribution in [3.05, 3.63) is 59.7 Å². The zero-order chi connectivity index (χ0) is 21.8. The molecular formula is C23H32N4O3. The highest BCUT2D eigenvalue weighted by Gasteiger charge is 2.19. The number of ether oxygens (including phenoxy) is 1. The Hall–Kier alpha value is -2.80. The quantitative estimate of drug-likeness (QED) is 0.542.